The first-order valence-electron chi connectivity index (χ1n) is 16.4. The van der Waals surface area contributed by atoms with Gasteiger partial charge in [0, 0.05) is 11.1 Å². The Morgan fingerprint density at radius 2 is 0.933 bits per heavy atom. The molecule has 0 atom stereocenters. The molecule has 0 amide bonds. The van der Waals surface area contributed by atoms with Crippen LogP contribution < -0.4 is 0 Å². The smallest absolute Gasteiger partial charge is 0.214 e. The highest BCUT2D eigenvalue weighted by atomic mass is 32.1. The van der Waals surface area contributed by atoms with Crippen molar-refractivity contribution in [3.8, 4) is 34.2 Å². The minimum Gasteiger partial charge on any atom is -0.287 e. The van der Waals surface area contributed by atoms with Gasteiger partial charge in [-0.2, -0.15) is 8.75 Å². The molecule has 0 radical (unpaired) electrons. The average molecular weight is 651 g/mol. The second-order valence-electron chi connectivity index (χ2n) is 14.5. The van der Waals surface area contributed by atoms with Crippen molar-refractivity contribution in [1.29, 1.82) is 0 Å². The number of fused-ring (bicyclic) bond motifs is 5. The van der Waals surface area contributed by atoms with Gasteiger partial charge in [-0.15, -0.1) is 11.1 Å². The van der Waals surface area contributed by atoms with E-state index < -0.39 is 16.1 Å². The van der Waals surface area contributed by atoms with Crippen LogP contribution in [0, 0.1) is 22.9 Å². The molecule has 2 heterocycles. The second kappa shape index (κ2) is 12.2. The van der Waals surface area contributed by atoms with Gasteiger partial charge in [-0.05, 0) is 33.2 Å². The summed E-state index contributed by atoms with van der Waals surface area (Å²) in [7, 11) is -4.16. The van der Waals surface area contributed by atoms with E-state index in [1.54, 1.807) is 0 Å². The Bertz CT molecular complexity index is 1890. The Kier molecular flexibility index (Phi) is 9.01. The van der Waals surface area contributed by atoms with E-state index in [0.29, 0.717) is 66.7 Å². The standard InChI is InChI=1S/C37H46N4OSSi2/c1-21(2)44(22(3)4,23(5)6)19-17-29-32-33(39-36-31(38-32)27-15-13-14-16-28(27)37(36)42)30(35-34(29)40-43-41-35)18-20-45(24(7)8,25(9)10)26(11)12/h13-16,21-26H,1-12H3. The summed E-state index contributed by atoms with van der Waals surface area (Å²) in [5.41, 5.74) is 17.3. The Morgan fingerprint density at radius 1 is 0.556 bits per heavy atom. The van der Waals surface area contributed by atoms with Gasteiger partial charge in [-0.1, -0.05) is 119 Å². The van der Waals surface area contributed by atoms with E-state index in [1.165, 1.54) is 11.7 Å². The molecule has 45 heavy (non-hydrogen) atoms. The molecule has 5 rings (SSSR count). The molecule has 1 aliphatic carbocycles. The summed E-state index contributed by atoms with van der Waals surface area (Å²) in [6, 6.07) is 7.65. The van der Waals surface area contributed by atoms with Gasteiger partial charge < -0.3 is 0 Å². The Labute approximate surface area is 275 Å². The number of benzene rings is 2. The van der Waals surface area contributed by atoms with E-state index in [0.717, 1.165) is 22.2 Å². The van der Waals surface area contributed by atoms with Crippen molar-refractivity contribution in [3.05, 3.63) is 46.6 Å². The van der Waals surface area contributed by atoms with Crippen LogP contribution in [-0.4, -0.2) is 40.6 Å². The summed E-state index contributed by atoms with van der Waals surface area (Å²) in [5, 5.41) is 0. The maximum absolute atomic E-state index is 13.6. The van der Waals surface area contributed by atoms with Crippen LogP contribution in [0.1, 0.15) is 110 Å². The van der Waals surface area contributed by atoms with Gasteiger partial charge in [0.15, 0.2) is 0 Å². The lowest BCUT2D eigenvalue weighted by Crippen LogP contribution is -2.43. The first-order valence-corrected chi connectivity index (χ1v) is 21.6. The lowest BCUT2D eigenvalue weighted by molar-refractivity contribution is 0.103. The lowest BCUT2D eigenvalue weighted by atomic mass is 10.0. The molecule has 0 bridgehead atoms. The summed E-state index contributed by atoms with van der Waals surface area (Å²) >= 11 is 1.18. The zero-order chi connectivity index (χ0) is 33.0. The Morgan fingerprint density at radius 3 is 1.33 bits per heavy atom. The number of nitrogens with zero attached hydrogens (tertiary/aromatic N) is 4. The quantitative estimate of drug-likeness (QED) is 0.135. The average Bonchev–Trinajstić information content (AvgIpc) is 3.55. The molecule has 0 saturated heterocycles. The Hall–Kier alpha value is -3.18. The second-order valence-corrected chi connectivity index (χ2v) is 26.2. The molecule has 0 fully saturated rings. The number of aromatic nitrogens is 4. The molecular formula is C37H46N4OSSi2. The fourth-order valence-electron chi connectivity index (χ4n) is 8.33. The fourth-order valence-corrected chi connectivity index (χ4v) is 19.3. The first-order chi connectivity index (χ1) is 21.2. The van der Waals surface area contributed by atoms with Crippen LogP contribution in [-0.2, 0) is 0 Å². The minimum absolute atomic E-state index is 0.0980. The van der Waals surface area contributed by atoms with E-state index in [1.807, 2.05) is 24.3 Å². The number of rotatable bonds is 6. The molecule has 0 unspecified atom stereocenters. The molecular weight excluding hydrogens is 605 g/mol. The van der Waals surface area contributed by atoms with Gasteiger partial charge in [0.25, 0.3) is 0 Å². The predicted molar refractivity (Wildman–Crippen MR) is 195 cm³/mol. The van der Waals surface area contributed by atoms with Crippen LogP contribution in [0.3, 0.4) is 0 Å². The zero-order valence-electron chi connectivity index (χ0n) is 28.9. The highest BCUT2D eigenvalue weighted by Crippen LogP contribution is 2.43. The van der Waals surface area contributed by atoms with E-state index >= 15 is 0 Å². The molecule has 5 nitrogen and oxygen atoms in total. The predicted octanol–water partition coefficient (Wildman–Crippen LogP) is 9.98. The van der Waals surface area contributed by atoms with E-state index in [9.17, 15) is 4.79 Å². The molecule has 4 aromatic rings. The van der Waals surface area contributed by atoms with Gasteiger partial charge in [0.1, 0.15) is 49.6 Å². The fraction of sp³-hybridized carbons (Fsp3) is 0.486. The van der Waals surface area contributed by atoms with Gasteiger partial charge >= 0.3 is 0 Å². The van der Waals surface area contributed by atoms with E-state index in [4.69, 9.17) is 18.7 Å². The van der Waals surface area contributed by atoms with Crippen LogP contribution in [0.5, 0.6) is 0 Å². The molecule has 2 aromatic carbocycles. The first kappa shape index (κ1) is 33.2. The molecule has 0 saturated carbocycles. The summed E-state index contributed by atoms with van der Waals surface area (Å²) in [5.74, 6) is 7.22. The van der Waals surface area contributed by atoms with E-state index in [2.05, 4.69) is 106 Å². The zero-order valence-corrected chi connectivity index (χ0v) is 31.7. The number of carbonyl (C=O) groups excluding carboxylic acids is 1. The maximum atomic E-state index is 13.6. The van der Waals surface area contributed by atoms with Crippen molar-refractivity contribution in [1.82, 2.24) is 18.7 Å². The molecule has 0 aliphatic heterocycles. The maximum Gasteiger partial charge on any atom is 0.214 e. The molecule has 0 spiro atoms. The van der Waals surface area contributed by atoms with Crippen molar-refractivity contribution >= 4 is 55.7 Å². The number of hydrogen-bond acceptors (Lipinski definition) is 6. The SMILES string of the molecule is CC(C)[Si](C#Cc1c2nsnc2c(C#C[Si](C(C)C)(C(C)C)C(C)C)c2nc3c(nc12)C(=O)c1ccccc1-3)(C(C)C)C(C)C. The summed E-state index contributed by atoms with van der Waals surface area (Å²) in [6.07, 6.45) is 0. The van der Waals surface area contributed by atoms with Crippen molar-refractivity contribution in [3.63, 3.8) is 0 Å². The largest absolute Gasteiger partial charge is 0.287 e. The van der Waals surface area contributed by atoms with Gasteiger partial charge in [-0.3, -0.25) is 4.79 Å². The van der Waals surface area contributed by atoms with Gasteiger partial charge in [-0.25, -0.2) is 9.97 Å². The molecule has 2 aromatic heterocycles. The van der Waals surface area contributed by atoms with Crippen LogP contribution in [0.15, 0.2) is 24.3 Å². The van der Waals surface area contributed by atoms with Gasteiger partial charge in [0.05, 0.1) is 22.9 Å². The van der Waals surface area contributed by atoms with Crippen molar-refractivity contribution in [2.75, 3.05) is 0 Å². The molecule has 0 N–H and O–H groups in total. The Balaban J connectivity index is 1.93. The third kappa shape index (κ3) is 5.10. The van der Waals surface area contributed by atoms with E-state index in [-0.39, 0.29) is 5.78 Å². The normalized spacial score (nSPS) is 13.3. The van der Waals surface area contributed by atoms with Crippen molar-refractivity contribution in [2.24, 2.45) is 0 Å². The summed E-state index contributed by atoms with van der Waals surface area (Å²) in [4.78, 5) is 24.0. The van der Waals surface area contributed by atoms with Crippen LogP contribution in [0.25, 0.3) is 33.3 Å². The number of hydrogen-bond donors (Lipinski definition) is 0. The monoisotopic (exact) mass is 650 g/mol. The number of ketones is 1. The molecule has 1 aliphatic rings. The van der Waals surface area contributed by atoms with Crippen LogP contribution in [0.4, 0.5) is 0 Å². The minimum atomic E-state index is -2.09. The topological polar surface area (TPSA) is 68.6 Å². The molecule has 234 valence electrons. The van der Waals surface area contributed by atoms with Crippen molar-refractivity contribution in [2.45, 2.75) is 116 Å². The third-order valence-electron chi connectivity index (χ3n) is 10.5. The van der Waals surface area contributed by atoms with Gasteiger partial charge in [0.2, 0.25) is 5.78 Å². The summed E-state index contributed by atoms with van der Waals surface area (Å²) < 4.78 is 9.62. The lowest BCUT2D eigenvalue weighted by Gasteiger charge is -2.38. The highest BCUT2D eigenvalue weighted by Gasteiger charge is 2.43. The highest BCUT2D eigenvalue weighted by molar-refractivity contribution is 7.00. The van der Waals surface area contributed by atoms with Crippen LogP contribution >= 0.6 is 11.7 Å². The van der Waals surface area contributed by atoms with Crippen LogP contribution in [0.2, 0.25) is 33.2 Å². The number of carbonyl (C=O) groups is 1. The molecule has 8 heteroatoms. The third-order valence-corrected chi connectivity index (χ3v) is 23.6. The van der Waals surface area contributed by atoms with Crippen molar-refractivity contribution < 1.29 is 4.79 Å². The summed E-state index contributed by atoms with van der Waals surface area (Å²) in [6.45, 7) is 27.8.